The van der Waals surface area contributed by atoms with Gasteiger partial charge >= 0.3 is 0 Å². The normalized spacial score (nSPS) is 6.35. The smallest absolute Gasteiger partial charge is 0.0776 e. The van der Waals surface area contributed by atoms with Crippen molar-refractivity contribution in [1.29, 1.82) is 0 Å². The minimum absolute atomic E-state index is 0. The van der Waals surface area contributed by atoms with Gasteiger partial charge in [0.05, 0.1) is 110 Å². The monoisotopic (exact) mass is 389 g/mol. The third kappa shape index (κ3) is 116. The van der Waals surface area contributed by atoms with Gasteiger partial charge in [0.25, 0.3) is 0 Å². The average Bonchev–Trinajstić information content (AvgIpc) is 2.61. The maximum absolute atomic E-state index is 2.21. The van der Waals surface area contributed by atoms with E-state index in [-0.39, 0.29) is 16.8 Å². The summed E-state index contributed by atoms with van der Waals surface area (Å²) < 4.78 is 0. The SMILES string of the molecule is BBBCC.BBBCC.BBBCC.BBBCC.BBBCC.[Co]. The summed E-state index contributed by atoms with van der Waals surface area (Å²) in [5.74, 6) is 0. The molecule has 0 N–H and O–H groups in total. The van der Waals surface area contributed by atoms with Gasteiger partial charge in [0, 0.05) is 16.8 Å². The maximum atomic E-state index is 2.21. The minimum Gasteiger partial charge on any atom is -0.0881 e. The van der Waals surface area contributed by atoms with Crippen LogP contribution in [0.4, 0.5) is 0 Å². The molecule has 0 aliphatic rings. The van der Waals surface area contributed by atoms with Crippen LogP contribution in [0, 0.1) is 0 Å². The summed E-state index contributed by atoms with van der Waals surface area (Å²) in [5, 5.41) is 0. The molecule has 0 aliphatic carbocycles. The van der Waals surface area contributed by atoms with E-state index in [4.69, 9.17) is 0 Å². The van der Waals surface area contributed by atoms with Crippen molar-refractivity contribution in [2.75, 3.05) is 0 Å². The fraction of sp³-hybridized carbons (Fsp3) is 1.00. The molecule has 0 amide bonds. The van der Waals surface area contributed by atoms with Crippen LogP contribution >= 0.6 is 0 Å². The first-order chi connectivity index (χ1) is 12.1. The number of hydrogen-bond acceptors (Lipinski definition) is 0. The Kier molecular flexibility index (Phi) is 102. The van der Waals surface area contributed by atoms with Crippen molar-refractivity contribution in [2.45, 2.75) is 66.2 Å². The fourth-order valence-electron chi connectivity index (χ4n) is 1.77. The summed E-state index contributed by atoms with van der Waals surface area (Å²) in [7, 11) is 24.7. The Morgan fingerprint density at radius 3 is 0.500 bits per heavy atom. The zero-order valence-electron chi connectivity index (χ0n) is 20.9. The molecule has 0 saturated heterocycles. The molecule has 0 nitrogen and oxygen atoms in total. The Hall–Kier alpha value is 1.48. The molecule has 0 aromatic carbocycles. The molecule has 0 heterocycles. The molecule has 1 radical (unpaired) electrons. The van der Waals surface area contributed by atoms with Crippen LogP contribution in [0.15, 0.2) is 0 Å². The molecule has 0 atom stereocenters. The molecule has 0 spiro atoms. The second-order valence-corrected chi connectivity index (χ2v) is 6.77. The van der Waals surface area contributed by atoms with Gasteiger partial charge in [-0.25, -0.2) is 0 Å². The van der Waals surface area contributed by atoms with Gasteiger partial charge < -0.3 is 0 Å². The van der Waals surface area contributed by atoms with Crippen LogP contribution in [0.3, 0.4) is 0 Å². The van der Waals surface area contributed by atoms with Crippen LogP contribution < -0.4 is 0 Å². The van der Waals surface area contributed by atoms with Gasteiger partial charge in [-0.15, -0.1) is 0 Å². The summed E-state index contributed by atoms with van der Waals surface area (Å²) in [6.07, 6.45) is 6.72. The minimum atomic E-state index is 0. The molecule has 0 saturated carbocycles. The van der Waals surface area contributed by atoms with Crippen LogP contribution in [0.25, 0.3) is 0 Å². The maximum Gasteiger partial charge on any atom is 0.0776 e. The van der Waals surface area contributed by atoms with Gasteiger partial charge in [0.1, 0.15) is 0 Å². The molecule has 0 rings (SSSR count). The van der Waals surface area contributed by atoms with E-state index in [1.807, 2.05) is 0 Å². The molecule has 0 bridgehead atoms. The van der Waals surface area contributed by atoms with Crippen molar-refractivity contribution >= 4 is 110 Å². The standard InChI is InChI=1S/5C2H9B3.Co/c5*1-2-4-5-3;/h5*4-5H,2-3H2,1H3;. The molecular weight excluding hydrogens is 341 g/mol. The predicted molar refractivity (Wildman–Crippen MR) is 167 cm³/mol. The average molecular weight is 387 g/mol. The van der Waals surface area contributed by atoms with Gasteiger partial charge in [0.15, 0.2) is 0 Å². The molecule has 26 heavy (non-hydrogen) atoms. The van der Waals surface area contributed by atoms with Crippen LogP contribution in [0.2, 0.25) is 31.6 Å². The van der Waals surface area contributed by atoms with Gasteiger partial charge in [-0.2, -0.15) is 0 Å². The Balaban J connectivity index is -0.0000000476. The van der Waals surface area contributed by atoms with E-state index in [1.165, 1.54) is 103 Å². The van der Waals surface area contributed by atoms with E-state index in [0.717, 1.165) is 0 Å². The van der Waals surface area contributed by atoms with Crippen molar-refractivity contribution in [3.05, 3.63) is 0 Å². The second-order valence-electron chi connectivity index (χ2n) is 6.77. The molecule has 139 valence electrons. The summed E-state index contributed by atoms with van der Waals surface area (Å²) in [5.41, 5.74) is 0. The van der Waals surface area contributed by atoms with Gasteiger partial charge in [-0.05, 0) is 0 Å². The van der Waals surface area contributed by atoms with Gasteiger partial charge in [-0.1, -0.05) is 66.2 Å². The van der Waals surface area contributed by atoms with Crippen molar-refractivity contribution in [3.63, 3.8) is 0 Å². The van der Waals surface area contributed by atoms with Crippen molar-refractivity contribution in [1.82, 2.24) is 0 Å². The van der Waals surface area contributed by atoms with Crippen molar-refractivity contribution in [2.24, 2.45) is 0 Å². The molecule has 0 unspecified atom stereocenters. The molecule has 0 aliphatic heterocycles. The molecule has 0 aromatic heterocycles. The van der Waals surface area contributed by atoms with Crippen LogP contribution in [0.5, 0.6) is 0 Å². The van der Waals surface area contributed by atoms with E-state index in [2.05, 4.69) is 73.3 Å². The summed E-state index contributed by atoms with van der Waals surface area (Å²) in [4.78, 5) is 0. The topological polar surface area (TPSA) is 0 Å². The Bertz CT molecular complexity index is 103. The Labute approximate surface area is 192 Å². The quantitative estimate of drug-likeness (QED) is 0.328. The first kappa shape index (κ1) is 41.8. The first-order valence-electron chi connectivity index (χ1n) is 12.1. The third-order valence-electron chi connectivity index (χ3n) is 3.54. The van der Waals surface area contributed by atoms with E-state index in [9.17, 15) is 0 Å². The van der Waals surface area contributed by atoms with Gasteiger partial charge in [-0.3, -0.25) is 0 Å². The Morgan fingerprint density at radius 1 is 0.385 bits per heavy atom. The molecule has 0 aromatic rings. The van der Waals surface area contributed by atoms with Crippen molar-refractivity contribution in [3.8, 4) is 0 Å². The Morgan fingerprint density at radius 2 is 0.500 bits per heavy atom. The van der Waals surface area contributed by atoms with Crippen LogP contribution in [-0.2, 0) is 16.8 Å². The predicted octanol–water partition coefficient (Wildman–Crippen LogP) is -6.20. The van der Waals surface area contributed by atoms with Gasteiger partial charge in [0.2, 0.25) is 0 Å². The molecule has 16 heteroatoms. The summed E-state index contributed by atoms with van der Waals surface area (Å²) in [6, 6.07) is 0. The van der Waals surface area contributed by atoms with Crippen LogP contribution in [0.1, 0.15) is 34.6 Å². The first-order valence-corrected chi connectivity index (χ1v) is 12.1. The molecular formula is C10H45B15Co. The summed E-state index contributed by atoms with van der Waals surface area (Å²) >= 11 is 0. The molecule has 0 fully saturated rings. The number of rotatable bonds is 10. The second kappa shape index (κ2) is 63.3. The van der Waals surface area contributed by atoms with E-state index >= 15 is 0 Å². The van der Waals surface area contributed by atoms with E-state index in [0.29, 0.717) is 0 Å². The number of hydrogen-bond donors (Lipinski definition) is 0. The van der Waals surface area contributed by atoms with Crippen molar-refractivity contribution < 1.29 is 16.8 Å². The van der Waals surface area contributed by atoms with E-state index < -0.39 is 0 Å². The fourth-order valence-corrected chi connectivity index (χ4v) is 1.77. The van der Waals surface area contributed by atoms with E-state index in [1.54, 1.807) is 0 Å². The third-order valence-corrected chi connectivity index (χ3v) is 3.54. The van der Waals surface area contributed by atoms with Crippen LogP contribution in [-0.4, -0.2) is 110 Å². The largest absolute Gasteiger partial charge is 0.0881 e. The summed E-state index contributed by atoms with van der Waals surface area (Å²) in [6.45, 7) is 11.1. The zero-order chi connectivity index (χ0) is 20.6. The zero-order valence-corrected chi connectivity index (χ0v) is 22.0.